The summed E-state index contributed by atoms with van der Waals surface area (Å²) in [5.41, 5.74) is 0.342. The molecule has 0 saturated heterocycles. The van der Waals surface area contributed by atoms with Crippen LogP contribution < -0.4 is 10.1 Å². The van der Waals surface area contributed by atoms with E-state index < -0.39 is 12.8 Å². The summed E-state index contributed by atoms with van der Waals surface area (Å²) in [5.74, 6) is 0.144. The molecule has 0 fully saturated rings. The lowest BCUT2D eigenvalue weighted by Crippen LogP contribution is -2.28. The Hall–Kier alpha value is -2.43. The van der Waals surface area contributed by atoms with E-state index in [-0.39, 0.29) is 24.9 Å². The fourth-order valence-corrected chi connectivity index (χ4v) is 2.38. The van der Waals surface area contributed by atoms with Crippen LogP contribution in [0.15, 0.2) is 18.3 Å². The van der Waals surface area contributed by atoms with Crippen LogP contribution >= 0.6 is 12.2 Å². The Balaban J connectivity index is 1.98. The van der Waals surface area contributed by atoms with E-state index in [2.05, 4.69) is 25.2 Å². The van der Waals surface area contributed by atoms with Crippen LogP contribution in [0.2, 0.25) is 0 Å². The molecule has 0 aliphatic carbocycles. The van der Waals surface area contributed by atoms with Gasteiger partial charge in [-0.1, -0.05) is 13.0 Å². The van der Waals surface area contributed by atoms with Crippen LogP contribution in [0.1, 0.15) is 24.7 Å². The van der Waals surface area contributed by atoms with Gasteiger partial charge in [0.25, 0.3) is 0 Å². The summed E-state index contributed by atoms with van der Waals surface area (Å²) < 4.78 is 43.5. The molecule has 2 heterocycles. The van der Waals surface area contributed by atoms with Crippen LogP contribution in [0.25, 0.3) is 0 Å². The van der Waals surface area contributed by atoms with Gasteiger partial charge in [0.2, 0.25) is 11.8 Å². The summed E-state index contributed by atoms with van der Waals surface area (Å²) >= 11 is 5.10. The Labute approximate surface area is 152 Å². The van der Waals surface area contributed by atoms with Gasteiger partial charge in [-0.15, -0.1) is 0 Å². The number of carbonyl (C=O) groups is 1. The Morgan fingerprint density at radius 3 is 2.92 bits per heavy atom. The predicted octanol–water partition coefficient (Wildman–Crippen LogP) is 2.55. The van der Waals surface area contributed by atoms with E-state index in [4.69, 9.17) is 12.2 Å². The number of aromatic amines is 1. The van der Waals surface area contributed by atoms with Crippen molar-refractivity contribution in [1.29, 1.82) is 0 Å². The number of alkyl halides is 3. The average molecular weight is 389 g/mol. The summed E-state index contributed by atoms with van der Waals surface area (Å²) in [4.78, 5) is 15.9. The van der Waals surface area contributed by atoms with Gasteiger partial charge in [-0.25, -0.2) is 4.98 Å². The standard InChI is InChI=1S/C15H18F3N5O2S/c1-2-4-11-21-22-14(26)23(11)8-12(24)20-7-10-5-3-6-19-13(10)25-9-15(16,17)18/h3,5-6H,2,4,7-9H2,1H3,(H,20,24)(H,22,26). The molecule has 0 aliphatic heterocycles. The highest BCUT2D eigenvalue weighted by Gasteiger charge is 2.29. The molecule has 142 valence electrons. The van der Waals surface area contributed by atoms with Crippen molar-refractivity contribution in [1.82, 2.24) is 25.1 Å². The molecule has 2 aromatic heterocycles. The minimum absolute atomic E-state index is 0.0197. The quantitative estimate of drug-likeness (QED) is 0.678. The molecule has 2 aromatic rings. The second-order valence-electron chi connectivity index (χ2n) is 5.43. The molecule has 0 unspecified atom stereocenters. The molecular weight excluding hydrogens is 371 g/mol. The van der Waals surface area contributed by atoms with Gasteiger partial charge >= 0.3 is 6.18 Å². The number of hydrogen-bond acceptors (Lipinski definition) is 5. The van der Waals surface area contributed by atoms with Gasteiger partial charge in [0.05, 0.1) is 0 Å². The molecule has 0 atom stereocenters. The maximum atomic E-state index is 12.3. The number of rotatable bonds is 8. The molecule has 0 saturated carbocycles. The van der Waals surface area contributed by atoms with Crippen molar-refractivity contribution in [2.24, 2.45) is 0 Å². The van der Waals surface area contributed by atoms with Gasteiger partial charge in [0.1, 0.15) is 12.4 Å². The topological polar surface area (TPSA) is 84.8 Å². The zero-order chi connectivity index (χ0) is 19.2. The van der Waals surface area contributed by atoms with Crippen molar-refractivity contribution in [3.05, 3.63) is 34.5 Å². The SMILES string of the molecule is CCCc1n[nH]c(=S)n1CC(=O)NCc1cccnc1OCC(F)(F)F. The molecule has 0 bridgehead atoms. The minimum atomic E-state index is -4.47. The molecule has 1 amide bonds. The number of amides is 1. The number of nitrogens with zero attached hydrogens (tertiary/aromatic N) is 3. The third kappa shape index (κ3) is 5.83. The molecule has 0 aromatic carbocycles. The smallest absolute Gasteiger partial charge is 0.422 e. The van der Waals surface area contributed by atoms with Crippen molar-refractivity contribution in [2.45, 2.75) is 39.0 Å². The highest BCUT2D eigenvalue weighted by molar-refractivity contribution is 7.71. The first-order valence-electron chi connectivity index (χ1n) is 7.84. The van der Waals surface area contributed by atoms with Gasteiger partial charge in [0, 0.05) is 24.7 Å². The van der Waals surface area contributed by atoms with Gasteiger partial charge in [0.15, 0.2) is 11.4 Å². The Morgan fingerprint density at radius 2 is 2.23 bits per heavy atom. The average Bonchev–Trinajstić information content (AvgIpc) is 2.92. The van der Waals surface area contributed by atoms with Crippen molar-refractivity contribution in [3.8, 4) is 5.88 Å². The second-order valence-corrected chi connectivity index (χ2v) is 5.82. The molecule has 11 heteroatoms. The number of pyridine rings is 1. The van der Waals surface area contributed by atoms with Crippen molar-refractivity contribution >= 4 is 18.1 Å². The maximum Gasteiger partial charge on any atom is 0.422 e. The fraction of sp³-hybridized carbons (Fsp3) is 0.467. The summed E-state index contributed by atoms with van der Waals surface area (Å²) in [7, 11) is 0. The first-order valence-corrected chi connectivity index (χ1v) is 8.25. The van der Waals surface area contributed by atoms with E-state index in [0.29, 0.717) is 22.6 Å². The number of H-pyrrole nitrogens is 1. The fourth-order valence-electron chi connectivity index (χ4n) is 2.16. The van der Waals surface area contributed by atoms with E-state index in [1.165, 1.54) is 12.3 Å². The Kier molecular flexibility index (Phi) is 6.72. The molecule has 2 rings (SSSR count). The Morgan fingerprint density at radius 1 is 1.46 bits per heavy atom. The highest BCUT2D eigenvalue weighted by atomic mass is 32.1. The molecule has 26 heavy (non-hydrogen) atoms. The number of halogens is 3. The number of nitrogens with one attached hydrogen (secondary N) is 2. The molecular formula is C15H18F3N5O2S. The van der Waals surface area contributed by atoms with Gasteiger partial charge in [-0.3, -0.25) is 14.5 Å². The monoisotopic (exact) mass is 389 g/mol. The van der Waals surface area contributed by atoms with E-state index in [0.717, 1.165) is 6.42 Å². The zero-order valence-corrected chi connectivity index (χ0v) is 14.8. The first kappa shape index (κ1) is 19.9. The summed E-state index contributed by atoms with van der Waals surface area (Å²) in [6, 6.07) is 3.08. The molecule has 2 N–H and O–H groups in total. The van der Waals surface area contributed by atoms with Crippen molar-refractivity contribution < 1.29 is 22.7 Å². The first-order chi connectivity index (χ1) is 12.3. The molecule has 0 radical (unpaired) electrons. The number of carbonyl (C=O) groups excluding carboxylic acids is 1. The van der Waals surface area contributed by atoms with E-state index in [1.54, 1.807) is 10.6 Å². The zero-order valence-electron chi connectivity index (χ0n) is 14.0. The van der Waals surface area contributed by atoms with Crippen molar-refractivity contribution in [3.63, 3.8) is 0 Å². The van der Waals surface area contributed by atoms with Crippen LogP contribution in [0.5, 0.6) is 5.88 Å². The van der Waals surface area contributed by atoms with E-state index in [1.807, 2.05) is 6.92 Å². The van der Waals surface area contributed by atoms with Crippen LogP contribution in [-0.2, 0) is 24.3 Å². The third-order valence-electron chi connectivity index (χ3n) is 3.31. The number of hydrogen-bond donors (Lipinski definition) is 2. The lowest BCUT2D eigenvalue weighted by atomic mass is 10.2. The highest BCUT2D eigenvalue weighted by Crippen LogP contribution is 2.19. The largest absolute Gasteiger partial charge is 0.468 e. The number of ether oxygens (including phenoxy) is 1. The van der Waals surface area contributed by atoms with Gasteiger partial charge in [-0.2, -0.15) is 18.3 Å². The van der Waals surface area contributed by atoms with Crippen LogP contribution in [0.3, 0.4) is 0 Å². The molecule has 0 aliphatic rings. The second kappa shape index (κ2) is 8.79. The van der Waals surface area contributed by atoms with Crippen LogP contribution in [-0.4, -0.2) is 38.4 Å². The minimum Gasteiger partial charge on any atom is -0.468 e. The summed E-state index contributed by atoms with van der Waals surface area (Å²) in [5, 5.41) is 9.33. The lowest BCUT2D eigenvalue weighted by molar-refractivity contribution is -0.154. The predicted molar refractivity (Wildman–Crippen MR) is 89.0 cm³/mol. The van der Waals surface area contributed by atoms with Crippen molar-refractivity contribution in [2.75, 3.05) is 6.61 Å². The normalized spacial score (nSPS) is 11.4. The van der Waals surface area contributed by atoms with Gasteiger partial charge in [-0.05, 0) is 24.7 Å². The number of aromatic nitrogens is 4. The number of aryl methyl sites for hydroxylation is 1. The molecule has 7 nitrogen and oxygen atoms in total. The van der Waals surface area contributed by atoms with E-state index in [9.17, 15) is 18.0 Å². The third-order valence-corrected chi connectivity index (χ3v) is 3.62. The molecule has 0 spiro atoms. The van der Waals surface area contributed by atoms with Crippen LogP contribution in [0, 0.1) is 4.77 Å². The van der Waals surface area contributed by atoms with E-state index >= 15 is 0 Å². The Bertz CT molecular complexity index is 803. The maximum absolute atomic E-state index is 12.3. The summed E-state index contributed by atoms with van der Waals surface area (Å²) in [6.45, 7) is 0.473. The van der Waals surface area contributed by atoms with Crippen LogP contribution in [0.4, 0.5) is 13.2 Å². The summed E-state index contributed by atoms with van der Waals surface area (Å²) in [6.07, 6.45) is -1.64. The lowest BCUT2D eigenvalue weighted by Gasteiger charge is -2.13. The van der Waals surface area contributed by atoms with Gasteiger partial charge < -0.3 is 10.1 Å².